The summed E-state index contributed by atoms with van der Waals surface area (Å²) in [7, 11) is 0. The Labute approximate surface area is 131 Å². The SMILES string of the molecule is CCCNC(c1cc(Cl)ccc1C)c1cc(C)ccc1F. The summed E-state index contributed by atoms with van der Waals surface area (Å²) in [4.78, 5) is 0. The third-order valence-corrected chi connectivity index (χ3v) is 3.85. The van der Waals surface area contributed by atoms with Gasteiger partial charge in [0.1, 0.15) is 5.82 Å². The lowest BCUT2D eigenvalue weighted by molar-refractivity contribution is 0.545. The van der Waals surface area contributed by atoms with Gasteiger partial charge in [-0.25, -0.2) is 4.39 Å². The molecule has 0 heterocycles. The fourth-order valence-electron chi connectivity index (χ4n) is 2.48. The molecule has 0 saturated carbocycles. The number of halogens is 2. The van der Waals surface area contributed by atoms with E-state index in [9.17, 15) is 4.39 Å². The molecule has 1 N–H and O–H groups in total. The third-order valence-electron chi connectivity index (χ3n) is 3.61. The number of rotatable bonds is 5. The molecule has 21 heavy (non-hydrogen) atoms. The number of hydrogen-bond acceptors (Lipinski definition) is 1. The van der Waals surface area contributed by atoms with Crippen LogP contribution in [0.5, 0.6) is 0 Å². The van der Waals surface area contributed by atoms with Gasteiger partial charge in [0, 0.05) is 10.6 Å². The molecule has 0 fully saturated rings. The average Bonchev–Trinajstić information content (AvgIpc) is 2.46. The quantitative estimate of drug-likeness (QED) is 0.802. The lowest BCUT2D eigenvalue weighted by Crippen LogP contribution is -2.25. The van der Waals surface area contributed by atoms with E-state index in [1.165, 1.54) is 6.07 Å². The van der Waals surface area contributed by atoms with Crippen molar-refractivity contribution < 1.29 is 4.39 Å². The van der Waals surface area contributed by atoms with Crippen molar-refractivity contribution in [2.24, 2.45) is 0 Å². The van der Waals surface area contributed by atoms with E-state index in [-0.39, 0.29) is 11.9 Å². The van der Waals surface area contributed by atoms with Gasteiger partial charge in [0.2, 0.25) is 0 Å². The van der Waals surface area contributed by atoms with Crippen molar-refractivity contribution in [1.82, 2.24) is 5.32 Å². The Morgan fingerprint density at radius 3 is 2.57 bits per heavy atom. The first-order valence-corrected chi connectivity index (χ1v) is 7.66. The second-order valence-electron chi connectivity index (χ2n) is 5.41. The first kappa shape index (κ1) is 16.0. The molecule has 0 amide bonds. The van der Waals surface area contributed by atoms with Gasteiger partial charge in [0.05, 0.1) is 6.04 Å². The van der Waals surface area contributed by atoms with E-state index in [1.807, 2.05) is 38.1 Å². The molecule has 112 valence electrons. The van der Waals surface area contributed by atoms with Crippen molar-refractivity contribution in [2.45, 2.75) is 33.2 Å². The highest BCUT2D eigenvalue weighted by Gasteiger charge is 2.19. The van der Waals surface area contributed by atoms with Crippen LogP contribution in [0, 0.1) is 19.7 Å². The van der Waals surface area contributed by atoms with Crippen molar-refractivity contribution >= 4 is 11.6 Å². The molecule has 0 radical (unpaired) electrons. The molecule has 2 aromatic rings. The average molecular weight is 306 g/mol. The number of aryl methyl sites for hydroxylation is 2. The van der Waals surface area contributed by atoms with Crippen LogP contribution in [-0.2, 0) is 0 Å². The van der Waals surface area contributed by atoms with Crippen LogP contribution in [0.1, 0.15) is 41.6 Å². The standard InChI is InChI=1S/C18H21ClFN/c1-4-9-21-18(15-11-14(19)7-6-13(15)3)16-10-12(2)5-8-17(16)20/h5-8,10-11,18,21H,4,9H2,1-3H3. The maximum atomic E-state index is 14.3. The number of hydrogen-bond donors (Lipinski definition) is 1. The molecule has 0 aliphatic rings. The Kier molecular flexibility index (Phi) is 5.38. The van der Waals surface area contributed by atoms with Gasteiger partial charge in [-0.05, 0) is 56.1 Å². The molecule has 2 aromatic carbocycles. The summed E-state index contributed by atoms with van der Waals surface area (Å²) in [6.45, 7) is 6.93. The van der Waals surface area contributed by atoms with Gasteiger partial charge in [-0.3, -0.25) is 0 Å². The predicted octanol–water partition coefficient (Wildman–Crippen LogP) is 5.18. The summed E-state index contributed by atoms with van der Waals surface area (Å²) < 4.78 is 14.3. The topological polar surface area (TPSA) is 12.0 Å². The molecule has 1 nitrogen and oxygen atoms in total. The van der Waals surface area contributed by atoms with E-state index in [4.69, 9.17) is 11.6 Å². The third kappa shape index (κ3) is 3.84. The van der Waals surface area contributed by atoms with Gasteiger partial charge in [-0.1, -0.05) is 42.3 Å². The molecule has 1 unspecified atom stereocenters. The molecule has 0 aliphatic heterocycles. The second kappa shape index (κ2) is 7.06. The van der Waals surface area contributed by atoms with E-state index >= 15 is 0 Å². The lowest BCUT2D eigenvalue weighted by Gasteiger charge is -2.22. The zero-order chi connectivity index (χ0) is 15.4. The lowest BCUT2D eigenvalue weighted by atomic mass is 9.93. The van der Waals surface area contributed by atoms with Crippen molar-refractivity contribution in [1.29, 1.82) is 0 Å². The molecular weight excluding hydrogens is 285 g/mol. The van der Waals surface area contributed by atoms with Crippen molar-refractivity contribution in [3.63, 3.8) is 0 Å². The highest BCUT2D eigenvalue weighted by Crippen LogP contribution is 2.29. The van der Waals surface area contributed by atoms with Crippen LogP contribution in [0.15, 0.2) is 36.4 Å². The monoisotopic (exact) mass is 305 g/mol. The van der Waals surface area contributed by atoms with Gasteiger partial charge in [0.15, 0.2) is 0 Å². The summed E-state index contributed by atoms with van der Waals surface area (Å²) in [5.74, 6) is -0.187. The van der Waals surface area contributed by atoms with E-state index < -0.39 is 0 Å². The smallest absolute Gasteiger partial charge is 0.128 e. The molecule has 3 heteroatoms. The molecule has 0 spiro atoms. The molecule has 0 bridgehead atoms. The van der Waals surface area contributed by atoms with E-state index in [0.717, 1.165) is 29.7 Å². The normalized spacial score (nSPS) is 12.4. The molecule has 0 saturated heterocycles. The zero-order valence-electron chi connectivity index (χ0n) is 12.7. The minimum absolute atomic E-state index is 0.177. The summed E-state index contributed by atoms with van der Waals surface area (Å²) in [6, 6.07) is 10.8. The van der Waals surface area contributed by atoms with Gasteiger partial charge in [0.25, 0.3) is 0 Å². The molecule has 0 aliphatic carbocycles. The van der Waals surface area contributed by atoms with Gasteiger partial charge < -0.3 is 5.32 Å². The number of nitrogens with one attached hydrogen (secondary N) is 1. The predicted molar refractivity (Wildman–Crippen MR) is 87.5 cm³/mol. The second-order valence-corrected chi connectivity index (χ2v) is 5.85. The van der Waals surface area contributed by atoms with Crippen LogP contribution in [-0.4, -0.2) is 6.54 Å². The largest absolute Gasteiger partial charge is 0.306 e. The Hall–Kier alpha value is -1.38. The highest BCUT2D eigenvalue weighted by molar-refractivity contribution is 6.30. The zero-order valence-corrected chi connectivity index (χ0v) is 13.5. The minimum atomic E-state index is -0.187. The number of benzene rings is 2. The van der Waals surface area contributed by atoms with E-state index in [0.29, 0.717) is 10.6 Å². The molecule has 0 aromatic heterocycles. The maximum Gasteiger partial charge on any atom is 0.128 e. The summed E-state index contributed by atoms with van der Waals surface area (Å²) >= 11 is 6.13. The summed E-state index contributed by atoms with van der Waals surface area (Å²) in [5.41, 5.74) is 3.86. The van der Waals surface area contributed by atoms with Crippen LogP contribution in [0.2, 0.25) is 5.02 Å². The van der Waals surface area contributed by atoms with Crippen LogP contribution in [0.25, 0.3) is 0 Å². The Bertz CT molecular complexity index is 573. The fourth-order valence-corrected chi connectivity index (χ4v) is 2.66. The Morgan fingerprint density at radius 1 is 1.10 bits per heavy atom. The van der Waals surface area contributed by atoms with Crippen LogP contribution < -0.4 is 5.32 Å². The summed E-state index contributed by atoms with van der Waals surface area (Å²) in [6.07, 6.45) is 0.990. The first-order valence-electron chi connectivity index (χ1n) is 7.28. The van der Waals surface area contributed by atoms with Gasteiger partial charge in [-0.15, -0.1) is 0 Å². The van der Waals surface area contributed by atoms with E-state index in [1.54, 1.807) is 6.07 Å². The van der Waals surface area contributed by atoms with Gasteiger partial charge in [-0.2, -0.15) is 0 Å². The fraction of sp³-hybridized carbons (Fsp3) is 0.333. The van der Waals surface area contributed by atoms with Crippen LogP contribution in [0.3, 0.4) is 0 Å². The molecule has 1 atom stereocenters. The van der Waals surface area contributed by atoms with Gasteiger partial charge >= 0.3 is 0 Å². The first-order chi connectivity index (χ1) is 10.0. The minimum Gasteiger partial charge on any atom is -0.306 e. The van der Waals surface area contributed by atoms with E-state index in [2.05, 4.69) is 12.2 Å². The van der Waals surface area contributed by atoms with Crippen LogP contribution >= 0.6 is 11.6 Å². The van der Waals surface area contributed by atoms with Crippen molar-refractivity contribution in [3.05, 3.63) is 69.5 Å². The van der Waals surface area contributed by atoms with Crippen LogP contribution in [0.4, 0.5) is 4.39 Å². The highest BCUT2D eigenvalue weighted by atomic mass is 35.5. The molecule has 2 rings (SSSR count). The Morgan fingerprint density at radius 2 is 1.86 bits per heavy atom. The van der Waals surface area contributed by atoms with Crippen molar-refractivity contribution in [3.8, 4) is 0 Å². The molecular formula is C18H21ClFN. The Balaban J connectivity index is 2.52. The maximum absolute atomic E-state index is 14.3. The summed E-state index contributed by atoms with van der Waals surface area (Å²) in [5, 5.41) is 4.11. The van der Waals surface area contributed by atoms with Crippen molar-refractivity contribution in [2.75, 3.05) is 6.54 Å².